The summed E-state index contributed by atoms with van der Waals surface area (Å²) in [5.74, 6) is 1.32. The number of anilines is 1. The molecule has 0 bridgehead atoms. The summed E-state index contributed by atoms with van der Waals surface area (Å²) in [4.78, 5) is 4.29. The minimum atomic E-state index is 0.649. The van der Waals surface area contributed by atoms with Gasteiger partial charge >= 0.3 is 0 Å². The summed E-state index contributed by atoms with van der Waals surface area (Å²) >= 11 is 0. The van der Waals surface area contributed by atoms with Crippen LogP contribution < -0.4 is 10.5 Å². The van der Waals surface area contributed by atoms with Gasteiger partial charge in [-0.25, -0.2) is 9.67 Å². The molecule has 0 spiro atoms. The number of nitrogen functional groups attached to an aromatic ring is 1. The van der Waals surface area contributed by atoms with Gasteiger partial charge in [0.15, 0.2) is 11.6 Å². The third kappa shape index (κ3) is 2.09. The molecular weight excluding hydrogens is 252 g/mol. The van der Waals surface area contributed by atoms with Crippen LogP contribution in [0.25, 0.3) is 16.9 Å². The van der Waals surface area contributed by atoms with Crippen molar-refractivity contribution in [2.45, 2.75) is 0 Å². The normalized spacial score (nSPS) is 10.4. The maximum absolute atomic E-state index is 5.98. The first-order valence-corrected chi connectivity index (χ1v) is 6.18. The van der Waals surface area contributed by atoms with E-state index in [4.69, 9.17) is 10.5 Å². The first kappa shape index (κ1) is 12.2. The van der Waals surface area contributed by atoms with Crippen molar-refractivity contribution in [1.29, 1.82) is 0 Å². The van der Waals surface area contributed by atoms with Gasteiger partial charge in [0.05, 0.1) is 13.3 Å². The fourth-order valence-electron chi connectivity index (χ4n) is 2.05. The monoisotopic (exact) mass is 266 g/mol. The molecule has 0 fully saturated rings. The second-order valence-electron chi connectivity index (χ2n) is 4.29. The Labute approximate surface area is 116 Å². The van der Waals surface area contributed by atoms with Crippen LogP contribution in [-0.2, 0) is 0 Å². The number of rotatable bonds is 3. The third-order valence-electron chi connectivity index (χ3n) is 3.04. The van der Waals surface area contributed by atoms with E-state index in [1.165, 1.54) is 0 Å². The maximum atomic E-state index is 5.98. The fraction of sp³-hybridized carbons (Fsp3) is 0.0667. The SMILES string of the molecule is COc1cccnc1-n1cc(-c2ccccc2N)cn1. The van der Waals surface area contributed by atoms with Crippen LogP contribution in [0.1, 0.15) is 0 Å². The Morgan fingerprint density at radius 2 is 2.00 bits per heavy atom. The van der Waals surface area contributed by atoms with Crippen molar-refractivity contribution < 1.29 is 4.74 Å². The van der Waals surface area contributed by atoms with E-state index in [1.54, 1.807) is 24.2 Å². The van der Waals surface area contributed by atoms with Gasteiger partial charge < -0.3 is 10.5 Å². The van der Waals surface area contributed by atoms with Gasteiger partial charge in [0.1, 0.15) is 0 Å². The highest BCUT2D eigenvalue weighted by Gasteiger charge is 2.10. The van der Waals surface area contributed by atoms with E-state index < -0.39 is 0 Å². The molecule has 0 amide bonds. The van der Waals surface area contributed by atoms with Gasteiger partial charge in [-0.15, -0.1) is 0 Å². The van der Waals surface area contributed by atoms with Crippen molar-refractivity contribution in [3.63, 3.8) is 0 Å². The van der Waals surface area contributed by atoms with Crippen molar-refractivity contribution >= 4 is 5.69 Å². The van der Waals surface area contributed by atoms with E-state index in [0.717, 1.165) is 16.8 Å². The molecule has 3 aromatic rings. The molecule has 2 aromatic heterocycles. The second-order valence-corrected chi connectivity index (χ2v) is 4.29. The van der Waals surface area contributed by atoms with Crippen LogP contribution >= 0.6 is 0 Å². The Balaban J connectivity index is 2.05. The Kier molecular flexibility index (Phi) is 3.09. The summed E-state index contributed by atoms with van der Waals surface area (Å²) < 4.78 is 6.97. The van der Waals surface area contributed by atoms with Gasteiger partial charge in [-0.3, -0.25) is 0 Å². The Hall–Kier alpha value is -2.82. The van der Waals surface area contributed by atoms with Gasteiger partial charge in [-0.2, -0.15) is 5.10 Å². The summed E-state index contributed by atoms with van der Waals surface area (Å²) in [6, 6.07) is 11.4. The van der Waals surface area contributed by atoms with Crippen molar-refractivity contribution in [3.05, 3.63) is 55.0 Å². The highest BCUT2D eigenvalue weighted by atomic mass is 16.5. The summed E-state index contributed by atoms with van der Waals surface area (Å²) in [6.07, 6.45) is 5.35. The lowest BCUT2D eigenvalue weighted by Gasteiger charge is -2.06. The van der Waals surface area contributed by atoms with Gasteiger partial charge in [0, 0.05) is 29.2 Å². The molecule has 20 heavy (non-hydrogen) atoms. The third-order valence-corrected chi connectivity index (χ3v) is 3.04. The zero-order valence-electron chi connectivity index (χ0n) is 11.0. The molecule has 0 unspecified atom stereocenters. The molecule has 0 aliphatic carbocycles. The van der Waals surface area contributed by atoms with Crippen molar-refractivity contribution in [1.82, 2.24) is 14.8 Å². The number of pyridine rings is 1. The first-order valence-electron chi connectivity index (χ1n) is 6.18. The number of aromatic nitrogens is 3. The van der Waals surface area contributed by atoms with E-state index in [9.17, 15) is 0 Å². The predicted molar refractivity (Wildman–Crippen MR) is 77.8 cm³/mol. The molecule has 0 aliphatic rings. The summed E-state index contributed by atoms with van der Waals surface area (Å²) in [5, 5.41) is 4.33. The molecule has 0 aliphatic heterocycles. The molecule has 2 N–H and O–H groups in total. The topological polar surface area (TPSA) is 66.0 Å². The number of nitrogens with two attached hydrogens (primary N) is 1. The Bertz CT molecular complexity index is 736. The molecule has 5 heteroatoms. The van der Waals surface area contributed by atoms with Gasteiger partial charge in [0.2, 0.25) is 0 Å². The Morgan fingerprint density at radius 1 is 1.15 bits per heavy atom. The summed E-state index contributed by atoms with van der Waals surface area (Å²) in [6.45, 7) is 0. The summed E-state index contributed by atoms with van der Waals surface area (Å²) in [5.41, 5.74) is 8.59. The van der Waals surface area contributed by atoms with Crippen LogP contribution in [0.5, 0.6) is 5.75 Å². The molecular formula is C15H14N4O. The summed E-state index contributed by atoms with van der Waals surface area (Å²) in [7, 11) is 1.61. The van der Waals surface area contributed by atoms with Crippen molar-refractivity contribution in [3.8, 4) is 22.7 Å². The van der Waals surface area contributed by atoms with E-state index in [0.29, 0.717) is 11.6 Å². The molecule has 2 heterocycles. The number of para-hydroxylation sites is 1. The second kappa shape index (κ2) is 5.05. The molecule has 0 saturated heterocycles. The molecule has 3 rings (SSSR count). The quantitative estimate of drug-likeness (QED) is 0.740. The van der Waals surface area contributed by atoms with Crippen LogP contribution in [0.2, 0.25) is 0 Å². The van der Waals surface area contributed by atoms with Crippen LogP contribution in [-0.4, -0.2) is 21.9 Å². The first-order chi connectivity index (χ1) is 9.79. The van der Waals surface area contributed by atoms with Gasteiger partial charge in [-0.05, 0) is 18.2 Å². The number of nitrogens with zero attached hydrogens (tertiary/aromatic N) is 3. The molecule has 5 nitrogen and oxygen atoms in total. The van der Waals surface area contributed by atoms with Crippen molar-refractivity contribution in [2.24, 2.45) is 0 Å². The van der Waals surface area contributed by atoms with Crippen LogP contribution in [0.15, 0.2) is 55.0 Å². The van der Waals surface area contributed by atoms with E-state index in [2.05, 4.69) is 10.1 Å². The highest BCUT2D eigenvalue weighted by Crippen LogP contribution is 2.27. The highest BCUT2D eigenvalue weighted by molar-refractivity contribution is 5.75. The van der Waals surface area contributed by atoms with Crippen LogP contribution in [0.4, 0.5) is 5.69 Å². The average molecular weight is 266 g/mol. The zero-order chi connectivity index (χ0) is 13.9. The van der Waals surface area contributed by atoms with Gasteiger partial charge in [0.25, 0.3) is 0 Å². The van der Waals surface area contributed by atoms with E-state index in [-0.39, 0.29) is 0 Å². The lowest BCUT2D eigenvalue weighted by molar-refractivity contribution is 0.409. The molecule has 0 saturated carbocycles. The van der Waals surface area contributed by atoms with Crippen molar-refractivity contribution in [2.75, 3.05) is 12.8 Å². The number of benzene rings is 1. The molecule has 1 aromatic carbocycles. The predicted octanol–water partition coefficient (Wildman–Crippen LogP) is 2.53. The smallest absolute Gasteiger partial charge is 0.196 e. The minimum Gasteiger partial charge on any atom is -0.493 e. The fourth-order valence-corrected chi connectivity index (χ4v) is 2.05. The number of ether oxygens (including phenoxy) is 1. The lowest BCUT2D eigenvalue weighted by Crippen LogP contribution is -2.00. The molecule has 0 radical (unpaired) electrons. The zero-order valence-corrected chi connectivity index (χ0v) is 11.0. The number of methoxy groups -OCH3 is 1. The van der Waals surface area contributed by atoms with Crippen LogP contribution in [0, 0.1) is 0 Å². The largest absolute Gasteiger partial charge is 0.493 e. The van der Waals surface area contributed by atoms with Gasteiger partial charge in [-0.1, -0.05) is 18.2 Å². The number of hydrogen-bond acceptors (Lipinski definition) is 4. The molecule has 100 valence electrons. The van der Waals surface area contributed by atoms with E-state index >= 15 is 0 Å². The van der Waals surface area contributed by atoms with Crippen LogP contribution in [0.3, 0.4) is 0 Å². The molecule has 0 atom stereocenters. The minimum absolute atomic E-state index is 0.649. The standard InChI is InChI=1S/C15H14N4O/c1-20-14-7-4-8-17-15(14)19-10-11(9-18-19)12-5-2-3-6-13(12)16/h2-10H,16H2,1H3. The maximum Gasteiger partial charge on any atom is 0.196 e. The average Bonchev–Trinajstić information content (AvgIpc) is 2.97. The number of hydrogen-bond donors (Lipinski definition) is 1. The van der Waals surface area contributed by atoms with E-state index in [1.807, 2.05) is 42.6 Å². The Morgan fingerprint density at radius 3 is 2.80 bits per heavy atom. The lowest BCUT2D eigenvalue weighted by atomic mass is 10.1.